The summed E-state index contributed by atoms with van der Waals surface area (Å²) < 4.78 is 46.3. The molecule has 1 aliphatic heterocycles. The van der Waals surface area contributed by atoms with Crippen molar-refractivity contribution < 1.29 is 32.5 Å². The molecule has 222 valence electrons. The topological polar surface area (TPSA) is 126 Å². The predicted molar refractivity (Wildman–Crippen MR) is 155 cm³/mol. The lowest BCUT2D eigenvalue weighted by Gasteiger charge is -2.34. The maximum Gasteiger partial charge on any atom is 0.261 e. The molecule has 2 aromatic carbocycles. The van der Waals surface area contributed by atoms with Crippen LogP contribution in [0.25, 0.3) is 0 Å². The van der Waals surface area contributed by atoms with Gasteiger partial charge in [0, 0.05) is 31.3 Å². The van der Waals surface area contributed by atoms with Crippen molar-refractivity contribution in [1.82, 2.24) is 10.2 Å². The molecule has 1 aliphatic rings. The molecular weight excluding hydrogens is 534 g/mol. The molecule has 40 heavy (non-hydrogen) atoms. The van der Waals surface area contributed by atoms with Gasteiger partial charge in [0.1, 0.15) is 11.5 Å². The molecule has 1 amide bonds. The second-order valence-electron chi connectivity index (χ2n) is 10.3. The summed E-state index contributed by atoms with van der Waals surface area (Å²) in [4.78, 5) is 15.7. The van der Waals surface area contributed by atoms with E-state index in [1.54, 1.807) is 36.1 Å². The van der Waals surface area contributed by atoms with Gasteiger partial charge >= 0.3 is 0 Å². The lowest BCUT2D eigenvalue weighted by atomic mass is 10.0. The van der Waals surface area contributed by atoms with E-state index in [2.05, 4.69) is 10.0 Å². The van der Waals surface area contributed by atoms with Gasteiger partial charge in [0.25, 0.3) is 15.9 Å². The Morgan fingerprint density at radius 3 is 2.52 bits per heavy atom. The van der Waals surface area contributed by atoms with Crippen LogP contribution >= 0.6 is 0 Å². The minimum Gasteiger partial charge on any atom is -0.497 e. The van der Waals surface area contributed by atoms with Crippen molar-refractivity contribution in [3.63, 3.8) is 0 Å². The SMILES string of the molecule is CNC[C@@H]1OCCCC[C@H](C)Oc2ccc(NS(=O)(=O)c3ccc(OC)cc3)cc2C(=O)N([C@H](C)CO)C[C@H]1C. The number of rotatable bonds is 8. The van der Waals surface area contributed by atoms with E-state index >= 15 is 0 Å². The van der Waals surface area contributed by atoms with Crippen LogP contribution in [0.5, 0.6) is 11.5 Å². The predicted octanol–water partition coefficient (Wildman–Crippen LogP) is 3.51. The fourth-order valence-corrected chi connectivity index (χ4v) is 5.70. The molecule has 0 spiro atoms. The Labute approximate surface area is 238 Å². The van der Waals surface area contributed by atoms with Crippen molar-refractivity contribution in [2.24, 2.45) is 5.92 Å². The lowest BCUT2D eigenvalue weighted by molar-refractivity contribution is -0.000450. The Balaban J connectivity index is 2.01. The summed E-state index contributed by atoms with van der Waals surface area (Å²) in [6.07, 6.45) is 2.26. The molecule has 0 radical (unpaired) electrons. The number of methoxy groups -OCH3 is 1. The first-order valence-corrected chi connectivity index (χ1v) is 15.2. The molecule has 0 aliphatic carbocycles. The number of hydrogen-bond acceptors (Lipinski definition) is 8. The third-order valence-corrected chi connectivity index (χ3v) is 8.48. The number of benzene rings is 2. The van der Waals surface area contributed by atoms with Gasteiger partial charge in [-0.15, -0.1) is 0 Å². The van der Waals surface area contributed by atoms with Gasteiger partial charge in [0.05, 0.1) is 42.4 Å². The Morgan fingerprint density at radius 1 is 1.15 bits per heavy atom. The summed E-state index contributed by atoms with van der Waals surface area (Å²) in [5, 5.41) is 13.2. The van der Waals surface area contributed by atoms with E-state index in [0.29, 0.717) is 31.2 Å². The zero-order valence-corrected chi connectivity index (χ0v) is 24.9. The van der Waals surface area contributed by atoms with Crippen LogP contribution in [0.1, 0.15) is 50.4 Å². The highest BCUT2D eigenvalue weighted by molar-refractivity contribution is 7.92. The number of nitrogens with one attached hydrogen (secondary N) is 2. The molecule has 0 unspecified atom stereocenters. The van der Waals surface area contributed by atoms with Crippen LogP contribution < -0.4 is 19.5 Å². The summed E-state index contributed by atoms with van der Waals surface area (Å²) in [6, 6.07) is 10.3. The number of carbonyl (C=O) groups is 1. The number of sulfonamides is 1. The van der Waals surface area contributed by atoms with Crippen molar-refractivity contribution in [1.29, 1.82) is 0 Å². The molecule has 0 saturated heterocycles. The first kappa shape index (κ1) is 31.7. The zero-order valence-electron chi connectivity index (χ0n) is 24.1. The zero-order chi connectivity index (χ0) is 29.3. The summed E-state index contributed by atoms with van der Waals surface area (Å²) in [6.45, 7) is 7.10. The summed E-state index contributed by atoms with van der Waals surface area (Å²) in [7, 11) is -0.562. The number of aliphatic hydroxyl groups is 1. The molecule has 2 aromatic rings. The number of ether oxygens (including phenoxy) is 3. The third-order valence-electron chi connectivity index (χ3n) is 7.08. The van der Waals surface area contributed by atoms with Gasteiger partial charge in [-0.3, -0.25) is 9.52 Å². The molecule has 0 aromatic heterocycles. The molecule has 3 rings (SSSR count). The number of aliphatic hydroxyl groups excluding tert-OH is 1. The number of carbonyl (C=O) groups excluding carboxylic acids is 1. The molecule has 3 N–H and O–H groups in total. The van der Waals surface area contributed by atoms with Crippen LogP contribution in [0.15, 0.2) is 47.4 Å². The van der Waals surface area contributed by atoms with Crippen LogP contribution in [-0.2, 0) is 14.8 Å². The van der Waals surface area contributed by atoms with Crippen LogP contribution in [0.4, 0.5) is 5.69 Å². The normalized spacial score (nSPS) is 22.0. The molecule has 1 heterocycles. The Hall–Kier alpha value is -2.86. The molecule has 11 heteroatoms. The standard InChI is InChI=1S/C29H43N3O7S/c1-20-18-32(21(2)19-33)29(34)26-16-23(31-40(35,36)25-12-10-24(37-5)11-13-25)9-14-27(26)39-22(3)8-6-7-15-38-28(20)17-30-4/h9-14,16,20-22,28,30-31,33H,6-8,15,17-19H2,1-5H3/t20-,21-,22+,28+/m1/s1. The Bertz CT molecular complexity index is 1210. The largest absolute Gasteiger partial charge is 0.497 e. The fourth-order valence-electron chi connectivity index (χ4n) is 4.65. The molecule has 10 nitrogen and oxygen atoms in total. The van der Waals surface area contributed by atoms with E-state index in [9.17, 15) is 18.3 Å². The van der Waals surface area contributed by atoms with Crippen molar-refractivity contribution in [3.8, 4) is 11.5 Å². The number of anilines is 1. The quantitative estimate of drug-likeness (QED) is 0.435. The van der Waals surface area contributed by atoms with Gasteiger partial charge in [-0.25, -0.2) is 8.42 Å². The first-order chi connectivity index (χ1) is 19.1. The van der Waals surface area contributed by atoms with E-state index in [0.717, 1.165) is 19.3 Å². The minimum atomic E-state index is -3.93. The molecular formula is C29H43N3O7S. The number of likely N-dealkylation sites (N-methyl/N-ethyl adjacent to an activating group) is 1. The van der Waals surface area contributed by atoms with E-state index in [1.165, 1.54) is 25.3 Å². The number of nitrogens with zero attached hydrogens (tertiary/aromatic N) is 1. The van der Waals surface area contributed by atoms with Gasteiger partial charge in [-0.05, 0) is 82.6 Å². The monoisotopic (exact) mass is 577 g/mol. The highest BCUT2D eigenvalue weighted by atomic mass is 32.2. The van der Waals surface area contributed by atoms with E-state index < -0.39 is 16.1 Å². The maximum atomic E-state index is 14.1. The fraction of sp³-hybridized carbons (Fsp3) is 0.552. The van der Waals surface area contributed by atoms with E-state index in [1.807, 2.05) is 20.9 Å². The number of hydrogen-bond donors (Lipinski definition) is 3. The minimum absolute atomic E-state index is 0.0339. The van der Waals surface area contributed by atoms with E-state index in [4.69, 9.17) is 14.2 Å². The first-order valence-electron chi connectivity index (χ1n) is 13.7. The summed E-state index contributed by atoms with van der Waals surface area (Å²) in [5.74, 6) is 0.513. The molecule has 0 saturated carbocycles. The van der Waals surface area contributed by atoms with Gasteiger partial charge in [-0.1, -0.05) is 6.92 Å². The van der Waals surface area contributed by atoms with Crippen LogP contribution in [0, 0.1) is 5.92 Å². The van der Waals surface area contributed by atoms with Gasteiger partial charge in [0.15, 0.2) is 0 Å². The molecule has 0 bridgehead atoms. The highest BCUT2D eigenvalue weighted by Crippen LogP contribution is 2.29. The number of amides is 1. The average molecular weight is 578 g/mol. The Morgan fingerprint density at radius 2 is 1.88 bits per heavy atom. The van der Waals surface area contributed by atoms with Gasteiger partial charge < -0.3 is 29.5 Å². The van der Waals surface area contributed by atoms with E-state index in [-0.39, 0.29) is 46.8 Å². The highest BCUT2D eigenvalue weighted by Gasteiger charge is 2.30. The lowest BCUT2D eigenvalue weighted by Crippen LogP contribution is -2.47. The van der Waals surface area contributed by atoms with Gasteiger partial charge in [-0.2, -0.15) is 0 Å². The number of fused-ring (bicyclic) bond motifs is 1. The van der Waals surface area contributed by atoms with Crippen molar-refractivity contribution >= 4 is 21.6 Å². The smallest absolute Gasteiger partial charge is 0.261 e. The van der Waals surface area contributed by atoms with Crippen molar-refractivity contribution in [2.45, 2.75) is 63.2 Å². The van der Waals surface area contributed by atoms with Crippen LogP contribution in [0.2, 0.25) is 0 Å². The molecule has 0 fully saturated rings. The average Bonchev–Trinajstić information content (AvgIpc) is 2.94. The second-order valence-corrected chi connectivity index (χ2v) is 12.0. The van der Waals surface area contributed by atoms with Gasteiger partial charge in [0.2, 0.25) is 0 Å². The van der Waals surface area contributed by atoms with Crippen molar-refractivity contribution in [2.75, 3.05) is 45.2 Å². The maximum absolute atomic E-state index is 14.1. The van der Waals surface area contributed by atoms with Crippen LogP contribution in [0.3, 0.4) is 0 Å². The Kier molecular flexibility index (Phi) is 11.6. The van der Waals surface area contributed by atoms with Crippen molar-refractivity contribution in [3.05, 3.63) is 48.0 Å². The second kappa shape index (κ2) is 14.7. The molecule has 4 atom stereocenters. The summed E-state index contributed by atoms with van der Waals surface area (Å²) in [5.41, 5.74) is 0.443. The van der Waals surface area contributed by atoms with Crippen LogP contribution in [-0.4, -0.2) is 83.0 Å². The third kappa shape index (κ3) is 8.33. The summed E-state index contributed by atoms with van der Waals surface area (Å²) >= 11 is 0.